The maximum absolute atomic E-state index is 12.8. The van der Waals surface area contributed by atoms with Crippen LogP contribution in [0, 0.1) is 6.92 Å². The molecule has 1 aromatic heterocycles. The average molecular weight is 483 g/mol. The Bertz CT molecular complexity index is 1130. The van der Waals surface area contributed by atoms with E-state index in [2.05, 4.69) is 15.1 Å². The van der Waals surface area contributed by atoms with Gasteiger partial charge >= 0.3 is 6.18 Å². The van der Waals surface area contributed by atoms with Crippen LogP contribution in [-0.4, -0.2) is 55.1 Å². The Labute approximate surface area is 192 Å². The molecular formula is C22H22ClF3N4OS. The Morgan fingerprint density at radius 2 is 1.94 bits per heavy atom. The SMILES string of the molecule is Cc1c(Cl)ccc2sc(N3CCN(CCNC(=O)c4cccc(C(F)(F)F)c4)CC3)nc12. The topological polar surface area (TPSA) is 48.5 Å². The van der Waals surface area contributed by atoms with Gasteiger partial charge in [0.2, 0.25) is 0 Å². The van der Waals surface area contributed by atoms with Crippen LogP contribution >= 0.6 is 22.9 Å². The molecule has 0 unspecified atom stereocenters. The van der Waals surface area contributed by atoms with Gasteiger partial charge in [-0.3, -0.25) is 9.69 Å². The Kier molecular flexibility index (Phi) is 6.60. The van der Waals surface area contributed by atoms with Crippen molar-refractivity contribution in [3.63, 3.8) is 0 Å². The molecule has 5 nitrogen and oxygen atoms in total. The highest BCUT2D eigenvalue weighted by Crippen LogP contribution is 2.34. The van der Waals surface area contributed by atoms with Gasteiger partial charge in [-0.25, -0.2) is 4.98 Å². The predicted octanol–water partition coefficient (Wildman–Crippen LogP) is 4.83. The molecule has 1 fully saturated rings. The summed E-state index contributed by atoms with van der Waals surface area (Å²) in [6.45, 7) is 6.23. The Hall–Kier alpha value is -2.36. The Morgan fingerprint density at radius 3 is 2.66 bits per heavy atom. The average Bonchev–Trinajstić information content (AvgIpc) is 3.21. The van der Waals surface area contributed by atoms with Crippen molar-refractivity contribution in [1.29, 1.82) is 0 Å². The molecule has 0 aliphatic carbocycles. The summed E-state index contributed by atoms with van der Waals surface area (Å²) < 4.78 is 39.6. The fraction of sp³-hybridized carbons (Fsp3) is 0.364. The van der Waals surface area contributed by atoms with E-state index in [4.69, 9.17) is 16.6 Å². The first-order chi connectivity index (χ1) is 15.2. The van der Waals surface area contributed by atoms with Crippen LogP contribution in [-0.2, 0) is 6.18 Å². The van der Waals surface area contributed by atoms with Gasteiger partial charge in [-0.2, -0.15) is 13.2 Å². The van der Waals surface area contributed by atoms with Crippen LogP contribution in [0.4, 0.5) is 18.3 Å². The van der Waals surface area contributed by atoms with E-state index in [1.165, 1.54) is 12.1 Å². The van der Waals surface area contributed by atoms with Crippen LogP contribution in [0.3, 0.4) is 0 Å². The van der Waals surface area contributed by atoms with Crippen molar-refractivity contribution in [3.05, 3.63) is 58.1 Å². The molecule has 1 amide bonds. The van der Waals surface area contributed by atoms with Gasteiger partial charge in [0, 0.05) is 49.9 Å². The van der Waals surface area contributed by atoms with Crippen molar-refractivity contribution in [1.82, 2.24) is 15.2 Å². The number of fused-ring (bicyclic) bond motifs is 1. The number of anilines is 1. The molecule has 3 aromatic rings. The van der Waals surface area contributed by atoms with Gasteiger partial charge in [0.05, 0.1) is 15.8 Å². The van der Waals surface area contributed by atoms with Crippen LogP contribution < -0.4 is 10.2 Å². The molecule has 170 valence electrons. The van der Waals surface area contributed by atoms with Crippen LogP contribution in [0.25, 0.3) is 10.2 Å². The number of benzene rings is 2. The third-order valence-corrected chi connectivity index (χ3v) is 7.04. The summed E-state index contributed by atoms with van der Waals surface area (Å²) >= 11 is 7.85. The fourth-order valence-electron chi connectivity index (χ4n) is 3.65. The lowest BCUT2D eigenvalue weighted by Gasteiger charge is -2.34. The largest absolute Gasteiger partial charge is 0.416 e. The monoisotopic (exact) mass is 482 g/mol. The number of carbonyl (C=O) groups excluding carboxylic acids is 1. The Morgan fingerprint density at radius 1 is 1.19 bits per heavy atom. The Balaban J connectivity index is 1.27. The van der Waals surface area contributed by atoms with Gasteiger partial charge in [0.15, 0.2) is 5.13 Å². The van der Waals surface area contributed by atoms with Gasteiger partial charge in [-0.1, -0.05) is 29.0 Å². The van der Waals surface area contributed by atoms with Gasteiger partial charge in [0.1, 0.15) is 0 Å². The smallest absolute Gasteiger partial charge is 0.351 e. The van der Waals surface area contributed by atoms with E-state index in [0.29, 0.717) is 18.1 Å². The van der Waals surface area contributed by atoms with Crippen LogP contribution in [0.5, 0.6) is 0 Å². The van der Waals surface area contributed by atoms with Crippen molar-refractivity contribution in [2.45, 2.75) is 13.1 Å². The molecule has 2 heterocycles. The number of rotatable bonds is 5. The molecule has 2 aromatic carbocycles. The predicted molar refractivity (Wildman–Crippen MR) is 122 cm³/mol. The maximum Gasteiger partial charge on any atom is 0.416 e. The van der Waals surface area contributed by atoms with E-state index in [1.54, 1.807) is 11.3 Å². The summed E-state index contributed by atoms with van der Waals surface area (Å²) in [7, 11) is 0. The third-order valence-electron chi connectivity index (χ3n) is 5.55. The highest BCUT2D eigenvalue weighted by molar-refractivity contribution is 7.22. The molecule has 1 aliphatic rings. The standard InChI is InChI=1S/C22H22ClF3N4OS/c1-14-17(23)5-6-18-19(14)28-21(32-18)30-11-9-29(10-12-30)8-7-27-20(31)15-3-2-4-16(13-15)22(24,25)26/h2-6,13H,7-12H2,1H3,(H,27,31). The van der Waals surface area contributed by atoms with E-state index < -0.39 is 17.6 Å². The number of alkyl halides is 3. The zero-order chi connectivity index (χ0) is 22.9. The summed E-state index contributed by atoms with van der Waals surface area (Å²) in [5.41, 5.74) is 1.11. The summed E-state index contributed by atoms with van der Waals surface area (Å²) in [6, 6.07) is 8.35. The second-order valence-electron chi connectivity index (χ2n) is 7.68. The quantitative estimate of drug-likeness (QED) is 0.566. The first kappa shape index (κ1) is 22.8. The summed E-state index contributed by atoms with van der Waals surface area (Å²) in [5.74, 6) is -0.502. The van der Waals surface area contributed by atoms with Crippen LogP contribution in [0.1, 0.15) is 21.5 Å². The number of piperazine rings is 1. The van der Waals surface area contributed by atoms with E-state index >= 15 is 0 Å². The first-order valence-corrected chi connectivity index (χ1v) is 11.4. The normalized spacial score (nSPS) is 15.3. The number of hydrogen-bond donors (Lipinski definition) is 1. The van der Waals surface area contributed by atoms with Crippen molar-refractivity contribution < 1.29 is 18.0 Å². The van der Waals surface area contributed by atoms with Gasteiger partial charge in [-0.15, -0.1) is 0 Å². The number of amides is 1. The van der Waals surface area contributed by atoms with E-state index in [9.17, 15) is 18.0 Å². The van der Waals surface area contributed by atoms with E-state index in [-0.39, 0.29) is 5.56 Å². The molecule has 1 saturated heterocycles. The number of carbonyl (C=O) groups is 1. The number of nitrogens with zero attached hydrogens (tertiary/aromatic N) is 3. The number of hydrogen-bond acceptors (Lipinski definition) is 5. The second-order valence-corrected chi connectivity index (χ2v) is 9.10. The molecule has 0 spiro atoms. The summed E-state index contributed by atoms with van der Waals surface area (Å²) in [5, 5.41) is 4.40. The first-order valence-electron chi connectivity index (χ1n) is 10.2. The summed E-state index contributed by atoms with van der Waals surface area (Å²) in [4.78, 5) is 21.5. The molecular weight excluding hydrogens is 461 g/mol. The second kappa shape index (κ2) is 9.25. The minimum atomic E-state index is -4.47. The lowest BCUT2D eigenvalue weighted by molar-refractivity contribution is -0.137. The minimum Gasteiger partial charge on any atom is -0.351 e. The highest BCUT2D eigenvalue weighted by Gasteiger charge is 2.31. The molecule has 32 heavy (non-hydrogen) atoms. The fourth-order valence-corrected chi connectivity index (χ4v) is 4.88. The lowest BCUT2D eigenvalue weighted by atomic mass is 10.1. The van der Waals surface area contributed by atoms with Crippen molar-refractivity contribution in [2.24, 2.45) is 0 Å². The van der Waals surface area contributed by atoms with Gasteiger partial charge < -0.3 is 10.2 Å². The minimum absolute atomic E-state index is 0.0101. The van der Waals surface area contributed by atoms with E-state index in [0.717, 1.165) is 59.2 Å². The number of aromatic nitrogens is 1. The maximum atomic E-state index is 12.8. The number of halogens is 4. The summed E-state index contributed by atoms with van der Waals surface area (Å²) in [6.07, 6.45) is -4.47. The molecule has 1 N–H and O–H groups in total. The van der Waals surface area contributed by atoms with Crippen LogP contribution in [0.2, 0.25) is 5.02 Å². The zero-order valence-corrected chi connectivity index (χ0v) is 18.9. The third kappa shape index (κ3) is 5.00. The number of nitrogens with one attached hydrogen (secondary N) is 1. The molecule has 0 radical (unpaired) electrons. The molecule has 1 aliphatic heterocycles. The van der Waals surface area contributed by atoms with Crippen molar-refractivity contribution in [2.75, 3.05) is 44.2 Å². The lowest BCUT2D eigenvalue weighted by Crippen LogP contribution is -2.48. The van der Waals surface area contributed by atoms with Crippen molar-refractivity contribution >= 4 is 44.2 Å². The zero-order valence-electron chi connectivity index (χ0n) is 17.4. The van der Waals surface area contributed by atoms with Crippen molar-refractivity contribution in [3.8, 4) is 0 Å². The highest BCUT2D eigenvalue weighted by atomic mass is 35.5. The number of thiazole rings is 1. The molecule has 0 atom stereocenters. The van der Waals surface area contributed by atoms with Gasteiger partial charge in [0.25, 0.3) is 5.91 Å². The molecule has 10 heteroatoms. The van der Waals surface area contributed by atoms with Gasteiger partial charge in [-0.05, 0) is 42.8 Å². The molecule has 0 bridgehead atoms. The van der Waals surface area contributed by atoms with Crippen LogP contribution in [0.15, 0.2) is 36.4 Å². The number of aryl methyl sites for hydroxylation is 1. The van der Waals surface area contributed by atoms with E-state index in [1.807, 2.05) is 19.1 Å². The molecule has 4 rings (SSSR count). The molecule has 0 saturated carbocycles.